The Bertz CT molecular complexity index is 721. The Kier molecular flexibility index (Phi) is 7.47. The predicted octanol–water partition coefficient (Wildman–Crippen LogP) is 3.39. The molecule has 7 nitrogen and oxygen atoms in total. The summed E-state index contributed by atoms with van der Waals surface area (Å²) in [4.78, 5) is 27.0. The van der Waals surface area contributed by atoms with Crippen LogP contribution in [0.15, 0.2) is 29.6 Å². The van der Waals surface area contributed by atoms with E-state index in [9.17, 15) is 14.9 Å². The van der Waals surface area contributed by atoms with E-state index in [1.54, 1.807) is 17.5 Å². The summed E-state index contributed by atoms with van der Waals surface area (Å²) in [5.41, 5.74) is 6.46. The molecule has 1 aromatic carbocycles. The average Bonchev–Trinajstić information content (AvgIpc) is 3.10. The Morgan fingerprint density at radius 2 is 1.92 bits per heavy atom. The number of carbonyl (C=O) groups excluding carboxylic acids is 1. The predicted molar refractivity (Wildman–Crippen MR) is 101 cm³/mol. The molecule has 25 heavy (non-hydrogen) atoms. The summed E-state index contributed by atoms with van der Waals surface area (Å²) < 4.78 is 0. The first kappa shape index (κ1) is 21.0. The number of nitro benzene ring substituents is 1. The summed E-state index contributed by atoms with van der Waals surface area (Å²) in [5.74, 6) is -0.256. The van der Waals surface area contributed by atoms with Crippen LogP contribution in [0.3, 0.4) is 0 Å². The molecule has 136 valence electrons. The molecule has 0 aliphatic carbocycles. The van der Waals surface area contributed by atoms with Crippen molar-refractivity contribution in [3.05, 3.63) is 45.5 Å². The molecule has 0 aliphatic heterocycles. The van der Waals surface area contributed by atoms with Gasteiger partial charge in [0.25, 0.3) is 11.6 Å². The molecule has 9 heteroatoms. The van der Waals surface area contributed by atoms with Gasteiger partial charge in [0.2, 0.25) is 0 Å². The van der Waals surface area contributed by atoms with Crippen LogP contribution in [0.2, 0.25) is 0 Å². The lowest BCUT2D eigenvalue weighted by atomic mass is 9.93. The lowest BCUT2D eigenvalue weighted by Crippen LogP contribution is -2.52. The fourth-order valence-corrected chi connectivity index (χ4v) is 3.11. The highest BCUT2D eigenvalue weighted by atomic mass is 35.5. The van der Waals surface area contributed by atoms with Crippen molar-refractivity contribution in [2.45, 2.75) is 32.2 Å². The normalized spacial score (nSPS) is 10.8. The molecule has 0 saturated heterocycles. The number of aromatic nitrogens is 1. The van der Waals surface area contributed by atoms with Gasteiger partial charge in [0, 0.05) is 29.6 Å². The number of benzene rings is 1. The van der Waals surface area contributed by atoms with Crippen molar-refractivity contribution in [3.8, 4) is 10.6 Å². The van der Waals surface area contributed by atoms with E-state index in [2.05, 4.69) is 10.3 Å². The zero-order valence-electron chi connectivity index (χ0n) is 14.0. The van der Waals surface area contributed by atoms with Gasteiger partial charge in [-0.05, 0) is 25.0 Å². The number of halogens is 1. The van der Waals surface area contributed by atoms with Crippen molar-refractivity contribution < 1.29 is 9.72 Å². The van der Waals surface area contributed by atoms with Gasteiger partial charge in [0.15, 0.2) is 0 Å². The number of amides is 1. The number of nitrogens with one attached hydrogen (secondary N) is 1. The van der Waals surface area contributed by atoms with E-state index < -0.39 is 10.5 Å². The van der Waals surface area contributed by atoms with Crippen molar-refractivity contribution in [2.75, 3.05) is 6.54 Å². The molecule has 1 heterocycles. The van der Waals surface area contributed by atoms with Gasteiger partial charge in [0.05, 0.1) is 10.5 Å². The third kappa shape index (κ3) is 4.75. The topological polar surface area (TPSA) is 111 Å². The number of nitro groups is 1. The highest BCUT2D eigenvalue weighted by Crippen LogP contribution is 2.26. The third-order valence-corrected chi connectivity index (χ3v) is 5.08. The molecular formula is C16H21ClN4O3S. The van der Waals surface area contributed by atoms with Gasteiger partial charge >= 0.3 is 0 Å². The molecule has 0 radical (unpaired) electrons. The van der Waals surface area contributed by atoms with Crippen LogP contribution in [-0.2, 0) is 0 Å². The Morgan fingerprint density at radius 1 is 1.32 bits per heavy atom. The smallest absolute Gasteiger partial charge is 0.271 e. The van der Waals surface area contributed by atoms with Crippen LogP contribution in [0, 0.1) is 10.1 Å². The monoisotopic (exact) mass is 384 g/mol. The highest BCUT2D eigenvalue weighted by Gasteiger charge is 2.27. The molecule has 0 saturated carbocycles. The number of non-ortho nitro benzene ring substituents is 1. The standard InChI is InChI=1S/C16H20N4O3S.ClH/c1-3-16(4-2,10-17)19-14(21)13-9-24-15(18-13)11-5-7-12(8-6-11)20(22)23;/h5-9H,3-4,10,17H2,1-2H3,(H,19,21);1H. The third-order valence-electron chi connectivity index (χ3n) is 4.18. The van der Waals surface area contributed by atoms with Gasteiger partial charge in [-0.1, -0.05) is 13.8 Å². The summed E-state index contributed by atoms with van der Waals surface area (Å²) in [7, 11) is 0. The average molecular weight is 385 g/mol. The SMILES string of the molecule is CCC(CC)(CN)NC(=O)c1csc(-c2ccc([N+](=O)[O-])cc2)n1.Cl. The van der Waals surface area contributed by atoms with Gasteiger partial charge < -0.3 is 11.1 Å². The number of hydrogen-bond donors (Lipinski definition) is 2. The number of nitrogens with zero attached hydrogens (tertiary/aromatic N) is 2. The van der Waals surface area contributed by atoms with Crippen molar-refractivity contribution >= 4 is 35.3 Å². The molecule has 0 fully saturated rings. The second kappa shape index (κ2) is 8.89. The lowest BCUT2D eigenvalue weighted by Gasteiger charge is -2.31. The maximum absolute atomic E-state index is 12.4. The summed E-state index contributed by atoms with van der Waals surface area (Å²) >= 11 is 1.32. The van der Waals surface area contributed by atoms with Gasteiger partial charge in [0.1, 0.15) is 10.7 Å². The minimum atomic E-state index is -0.452. The van der Waals surface area contributed by atoms with E-state index in [4.69, 9.17) is 5.73 Å². The summed E-state index contributed by atoms with van der Waals surface area (Å²) in [6.07, 6.45) is 1.48. The minimum Gasteiger partial charge on any atom is -0.344 e. The molecule has 0 atom stereocenters. The highest BCUT2D eigenvalue weighted by molar-refractivity contribution is 7.13. The molecule has 2 aromatic rings. The van der Waals surface area contributed by atoms with Crippen LogP contribution in [0.25, 0.3) is 10.6 Å². The van der Waals surface area contributed by atoms with Gasteiger partial charge in [-0.3, -0.25) is 14.9 Å². The molecule has 0 unspecified atom stereocenters. The maximum Gasteiger partial charge on any atom is 0.271 e. The Labute approximate surface area is 156 Å². The van der Waals surface area contributed by atoms with Crippen molar-refractivity contribution in [1.29, 1.82) is 0 Å². The van der Waals surface area contributed by atoms with Crippen molar-refractivity contribution in [2.24, 2.45) is 5.73 Å². The van der Waals surface area contributed by atoms with Crippen molar-refractivity contribution in [3.63, 3.8) is 0 Å². The van der Waals surface area contributed by atoms with Gasteiger partial charge in [-0.25, -0.2) is 4.98 Å². The summed E-state index contributed by atoms with van der Waals surface area (Å²) in [6.45, 7) is 4.34. The molecule has 0 bridgehead atoms. The van der Waals surface area contributed by atoms with E-state index in [0.717, 1.165) is 18.4 Å². The van der Waals surface area contributed by atoms with Gasteiger partial charge in [-0.15, -0.1) is 23.7 Å². The molecule has 2 rings (SSSR count). The first-order valence-electron chi connectivity index (χ1n) is 7.67. The number of carbonyl (C=O) groups is 1. The second-order valence-electron chi connectivity index (χ2n) is 5.49. The molecule has 1 amide bonds. The maximum atomic E-state index is 12.4. The summed E-state index contributed by atoms with van der Waals surface area (Å²) in [6, 6.07) is 6.09. The Morgan fingerprint density at radius 3 is 2.40 bits per heavy atom. The van der Waals surface area contributed by atoms with Crippen LogP contribution in [0.4, 0.5) is 5.69 Å². The number of thiazole rings is 1. The van der Waals surface area contributed by atoms with Gasteiger partial charge in [-0.2, -0.15) is 0 Å². The lowest BCUT2D eigenvalue weighted by molar-refractivity contribution is -0.384. The molecule has 1 aromatic heterocycles. The second-order valence-corrected chi connectivity index (χ2v) is 6.35. The molecular weight excluding hydrogens is 364 g/mol. The van der Waals surface area contributed by atoms with E-state index in [1.165, 1.54) is 23.5 Å². The van der Waals surface area contributed by atoms with Crippen LogP contribution in [0.1, 0.15) is 37.2 Å². The fourth-order valence-electron chi connectivity index (χ4n) is 2.31. The first-order valence-corrected chi connectivity index (χ1v) is 8.55. The minimum absolute atomic E-state index is 0. The van der Waals surface area contributed by atoms with Crippen LogP contribution >= 0.6 is 23.7 Å². The van der Waals surface area contributed by atoms with E-state index >= 15 is 0 Å². The largest absolute Gasteiger partial charge is 0.344 e. The number of rotatable bonds is 7. The number of hydrogen-bond acceptors (Lipinski definition) is 6. The van der Waals surface area contributed by atoms with E-state index in [-0.39, 0.29) is 24.0 Å². The van der Waals surface area contributed by atoms with Crippen LogP contribution in [0.5, 0.6) is 0 Å². The summed E-state index contributed by atoms with van der Waals surface area (Å²) in [5, 5.41) is 16.0. The van der Waals surface area contributed by atoms with Crippen molar-refractivity contribution in [1.82, 2.24) is 10.3 Å². The quantitative estimate of drug-likeness (QED) is 0.561. The first-order chi connectivity index (χ1) is 11.4. The van der Waals surface area contributed by atoms with Crippen LogP contribution < -0.4 is 11.1 Å². The fraction of sp³-hybridized carbons (Fsp3) is 0.375. The van der Waals surface area contributed by atoms with Crippen LogP contribution in [-0.4, -0.2) is 27.9 Å². The zero-order chi connectivity index (χ0) is 17.7. The number of nitrogens with two attached hydrogens (primary N) is 1. The molecule has 3 N–H and O–H groups in total. The van der Waals surface area contributed by atoms with E-state index in [0.29, 0.717) is 17.2 Å². The Balaban J connectivity index is 0.00000312. The zero-order valence-corrected chi connectivity index (χ0v) is 15.7. The molecule has 0 spiro atoms. The molecule has 0 aliphatic rings. The van der Waals surface area contributed by atoms with E-state index in [1.807, 2.05) is 13.8 Å². The Hall–Kier alpha value is -2.03.